The molecule has 3 nitrogen and oxygen atoms in total. The molecule has 0 amide bonds. The highest BCUT2D eigenvalue weighted by Gasteiger charge is 2.22. The van der Waals surface area contributed by atoms with E-state index in [9.17, 15) is 0 Å². The molecule has 4 rings (SSSR count). The molecule has 3 heteroatoms. The van der Waals surface area contributed by atoms with Crippen molar-refractivity contribution in [1.29, 1.82) is 0 Å². The lowest BCUT2D eigenvalue weighted by atomic mass is 9.88. The van der Waals surface area contributed by atoms with E-state index in [1.54, 1.807) is 7.11 Å². The van der Waals surface area contributed by atoms with Crippen LogP contribution in [-0.4, -0.2) is 26.3 Å². The van der Waals surface area contributed by atoms with Gasteiger partial charge in [-0.05, 0) is 62.3 Å². The summed E-state index contributed by atoms with van der Waals surface area (Å²) in [6.45, 7) is 4.11. The van der Waals surface area contributed by atoms with E-state index in [0.717, 1.165) is 43.9 Å². The third-order valence-electron chi connectivity index (χ3n) is 5.92. The van der Waals surface area contributed by atoms with Crippen LogP contribution in [0.5, 0.6) is 11.5 Å². The van der Waals surface area contributed by atoms with Crippen LogP contribution in [-0.2, 0) is 0 Å². The fourth-order valence-corrected chi connectivity index (χ4v) is 4.43. The Hall–Kier alpha value is -2.26. The highest BCUT2D eigenvalue weighted by molar-refractivity contribution is 5.55. The normalized spacial score (nSPS) is 21.8. The molecule has 2 fully saturated rings. The Morgan fingerprint density at radius 2 is 1.89 bits per heavy atom. The number of nitrogens with one attached hydrogen (secondary N) is 1. The molecule has 1 heterocycles. The zero-order valence-electron chi connectivity index (χ0n) is 17.0. The van der Waals surface area contributed by atoms with E-state index < -0.39 is 0 Å². The van der Waals surface area contributed by atoms with Gasteiger partial charge in [-0.25, -0.2) is 0 Å². The van der Waals surface area contributed by atoms with Gasteiger partial charge in [0.1, 0.15) is 0 Å². The lowest BCUT2D eigenvalue weighted by Gasteiger charge is -2.27. The minimum Gasteiger partial charge on any atom is -0.493 e. The van der Waals surface area contributed by atoms with Gasteiger partial charge in [-0.15, -0.1) is 0 Å². The molecule has 1 N–H and O–H groups in total. The molecule has 2 aromatic rings. The fourth-order valence-electron chi connectivity index (χ4n) is 4.43. The van der Waals surface area contributed by atoms with Gasteiger partial charge in [0.25, 0.3) is 0 Å². The van der Waals surface area contributed by atoms with Gasteiger partial charge in [0.05, 0.1) is 13.2 Å². The van der Waals surface area contributed by atoms with Crippen LogP contribution in [0.1, 0.15) is 54.7 Å². The van der Waals surface area contributed by atoms with Crippen LogP contribution in [0.2, 0.25) is 0 Å². The van der Waals surface area contributed by atoms with Gasteiger partial charge < -0.3 is 14.8 Å². The van der Waals surface area contributed by atoms with Crippen LogP contribution in [0.4, 0.5) is 0 Å². The van der Waals surface area contributed by atoms with E-state index in [1.807, 2.05) is 0 Å². The quantitative estimate of drug-likeness (QED) is 0.748. The summed E-state index contributed by atoms with van der Waals surface area (Å²) >= 11 is 0. The maximum absolute atomic E-state index is 6.30. The number of piperidine rings is 1. The van der Waals surface area contributed by atoms with Gasteiger partial charge in [0.2, 0.25) is 0 Å². The second-order valence-electron chi connectivity index (χ2n) is 8.18. The fraction of sp³-hybridized carbons (Fsp3) is 0.440. The molecule has 2 aromatic carbocycles. The molecule has 0 radical (unpaired) electrons. The minimum absolute atomic E-state index is 0.338. The molecule has 1 atom stereocenters. The molecule has 2 aliphatic rings. The molecule has 0 bridgehead atoms. The third-order valence-corrected chi connectivity index (χ3v) is 5.92. The van der Waals surface area contributed by atoms with Crippen molar-refractivity contribution < 1.29 is 9.47 Å². The van der Waals surface area contributed by atoms with Gasteiger partial charge in [-0.3, -0.25) is 0 Å². The predicted molar refractivity (Wildman–Crippen MR) is 115 cm³/mol. The number of aryl methyl sites for hydroxylation is 1. The number of methoxy groups -OCH3 is 1. The maximum Gasteiger partial charge on any atom is 0.161 e. The summed E-state index contributed by atoms with van der Waals surface area (Å²) in [5.41, 5.74) is 5.38. The summed E-state index contributed by atoms with van der Waals surface area (Å²) in [5, 5.41) is 3.60. The predicted octanol–water partition coefficient (Wildman–Crippen LogP) is 5.49. The van der Waals surface area contributed by atoms with E-state index in [0.29, 0.717) is 12.0 Å². The maximum atomic E-state index is 6.30. The first-order chi connectivity index (χ1) is 13.7. The standard InChI is InChI=1S/C25H31NO2/c1-18-6-5-7-19(12-18)13-20-14-22(17-26-16-20)21-10-11-24(27-2)25(15-21)28-23-8-3-4-9-23/h5-7,10-13,15,22-23,26H,3-4,8-9,14,16-17H2,1-2H3/t22-/m1/s1. The molecule has 0 aromatic heterocycles. The Kier molecular flexibility index (Phi) is 6.01. The number of benzene rings is 2. The van der Waals surface area contributed by atoms with E-state index >= 15 is 0 Å². The number of ether oxygens (including phenoxy) is 2. The van der Waals surface area contributed by atoms with E-state index in [4.69, 9.17) is 9.47 Å². The van der Waals surface area contributed by atoms with E-state index in [2.05, 4.69) is 60.8 Å². The van der Waals surface area contributed by atoms with Crippen LogP contribution in [0.3, 0.4) is 0 Å². The van der Waals surface area contributed by atoms with Crippen molar-refractivity contribution >= 4 is 6.08 Å². The first-order valence-electron chi connectivity index (χ1n) is 10.5. The number of hydrogen-bond acceptors (Lipinski definition) is 3. The van der Waals surface area contributed by atoms with Crippen molar-refractivity contribution in [3.05, 3.63) is 64.7 Å². The van der Waals surface area contributed by atoms with Crippen LogP contribution in [0.15, 0.2) is 48.0 Å². The van der Waals surface area contributed by atoms with Crippen LogP contribution in [0.25, 0.3) is 6.08 Å². The Labute approximate surface area is 168 Å². The first kappa shape index (κ1) is 19.1. The van der Waals surface area contributed by atoms with Crippen molar-refractivity contribution in [2.24, 2.45) is 0 Å². The van der Waals surface area contributed by atoms with Crippen molar-refractivity contribution in [3.63, 3.8) is 0 Å². The molecule has 0 unspecified atom stereocenters. The summed E-state index contributed by atoms with van der Waals surface area (Å²) in [4.78, 5) is 0. The van der Waals surface area contributed by atoms with Gasteiger partial charge in [-0.1, -0.05) is 47.5 Å². The third kappa shape index (κ3) is 4.59. The average molecular weight is 378 g/mol. The Bertz CT molecular complexity index is 836. The van der Waals surface area contributed by atoms with Crippen molar-refractivity contribution in [2.75, 3.05) is 20.2 Å². The van der Waals surface area contributed by atoms with Crippen molar-refractivity contribution in [1.82, 2.24) is 5.32 Å². The average Bonchev–Trinajstić information content (AvgIpc) is 3.21. The van der Waals surface area contributed by atoms with Gasteiger partial charge >= 0.3 is 0 Å². The first-order valence-corrected chi connectivity index (χ1v) is 10.5. The smallest absolute Gasteiger partial charge is 0.161 e. The monoisotopic (exact) mass is 377 g/mol. The number of hydrogen-bond donors (Lipinski definition) is 1. The summed E-state index contributed by atoms with van der Waals surface area (Å²) < 4.78 is 11.9. The van der Waals surface area contributed by atoms with Gasteiger partial charge in [0.15, 0.2) is 11.5 Å². The van der Waals surface area contributed by atoms with Gasteiger partial charge in [-0.2, -0.15) is 0 Å². The Balaban J connectivity index is 1.52. The molecular formula is C25H31NO2. The SMILES string of the molecule is COc1ccc([C@H]2CNCC(=Cc3cccc(C)c3)C2)cc1OC1CCCC1. The van der Waals surface area contributed by atoms with Gasteiger partial charge in [0, 0.05) is 19.0 Å². The highest BCUT2D eigenvalue weighted by atomic mass is 16.5. The van der Waals surface area contributed by atoms with Crippen molar-refractivity contribution in [3.8, 4) is 11.5 Å². The molecule has 28 heavy (non-hydrogen) atoms. The largest absolute Gasteiger partial charge is 0.493 e. The molecule has 1 saturated carbocycles. The van der Waals surface area contributed by atoms with Crippen molar-refractivity contribution in [2.45, 2.75) is 51.0 Å². The highest BCUT2D eigenvalue weighted by Crippen LogP contribution is 2.36. The summed E-state index contributed by atoms with van der Waals surface area (Å²) in [6.07, 6.45) is 8.61. The molecule has 1 aliphatic carbocycles. The molecule has 1 aliphatic heterocycles. The molecule has 1 saturated heterocycles. The summed E-state index contributed by atoms with van der Waals surface area (Å²) in [5.74, 6) is 2.21. The molecular weight excluding hydrogens is 346 g/mol. The van der Waals surface area contributed by atoms with Crippen LogP contribution < -0.4 is 14.8 Å². The topological polar surface area (TPSA) is 30.5 Å². The Morgan fingerprint density at radius 1 is 1.04 bits per heavy atom. The second-order valence-corrected chi connectivity index (χ2v) is 8.18. The summed E-state index contributed by atoms with van der Waals surface area (Å²) in [6, 6.07) is 15.2. The number of rotatable bonds is 5. The molecule has 148 valence electrons. The lowest BCUT2D eigenvalue weighted by molar-refractivity contribution is 0.200. The Morgan fingerprint density at radius 3 is 2.68 bits per heavy atom. The zero-order chi connectivity index (χ0) is 19.3. The summed E-state index contributed by atoms with van der Waals surface area (Å²) in [7, 11) is 1.72. The van der Waals surface area contributed by atoms with Crippen LogP contribution in [0, 0.1) is 6.92 Å². The molecule has 0 spiro atoms. The zero-order valence-corrected chi connectivity index (χ0v) is 17.0. The second kappa shape index (κ2) is 8.83. The van der Waals surface area contributed by atoms with E-state index in [1.165, 1.54) is 35.1 Å². The minimum atomic E-state index is 0.338. The lowest BCUT2D eigenvalue weighted by Crippen LogP contribution is -2.30. The van der Waals surface area contributed by atoms with Crippen LogP contribution >= 0.6 is 0 Å². The van der Waals surface area contributed by atoms with E-state index in [-0.39, 0.29) is 0 Å².